The van der Waals surface area contributed by atoms with Crippen molar-refractivity contribution in [1.29, 1.82) is 0 Å². The number of likely N-dealkylation sites (tertiary alicyclic amines) is 1. The molecular formula is C28H32N4O3. The number of nitrogens with zero attached hydrogens (tertiary/aromatic N) is 3. The summed E-state index contributed by atoms with van der Waals surface area (Å²) in [5, 5.41) is 3.50. The van der Waals surface area contributed by atoms with Crippen LogP contribution in [0.5, 0.6) is 0 Å². The van der Waals surface area contributed by atoms with Crippen LogP contribution in [0.2, 0.25) is 0 Å². The molecule has 2 aliphatic heterocycles. The molecule has 182 valence electrons. The molecule has 1 saturated heterocycles. The van der Waals surface area contributed by atoms with Crippen molar-refractivity contribution < 1.29 is 9.59 Å². The summed E-state index contributed by atoms with van der Waals surface area (Å²) in [4.78, 5) is 45.4. The van der Waals surface area contributed by atoms with Crippen LogP contribution in [0.25, 0.3) is 10.9 Å². The molecule has 0 spiro atoms. The van der Waals surface area contributed by atoms with E-state index in [1.807, 2.05) is 29.2 Å². The van der Waals surface area contributed by atoms with Crippen molar-refractivity contribution >= 4 is 22.7 Å². The Bertz CT molecular complexity index is 1310. The Morgan fingerprint density at radius 2 is 1.63 bits per heavy atom. The van der Waals surface area contributed by atoms with Gasteiger partial charge in [-0.2, -0.15) is 0 Å². The van der Waals surface area contributed by atoms with E-state index in [4.69, 9.17) is 4.98 Å². The highest BCUT2D eigenvalue weighted by atomic mass is 16.2. The van der Waals surface area contributed by atoms with Crippen molar-refractivity contribution in [3.63, 3.8) is 0 Å². The van der Waals surface area contributed by atoms with Crippen LogP contribution in [0.3, 0.4) is 0 Å². The molecule has 0 saturated carbocycles. The lowest BCUT2D eigenvalue weighted by atomic mass is 10.1. The van der Waals surface area contributed by atoms with Gasteiger partial charge >= 0.3 is 0 Å². The maximum absolute atomic E-state index is 13.0. The molecule has 35 heavy (non-hydrogen) atoms. The van der Waals surface area contributed by atoms with Crippen LogP contribution in [0.1, 0.15) is 77.0 Å². The SMILES string of the molecule is O=C(NCc1cccc(C(=O)N2CCCCC2)c1)c1ccc2c(=O)n3c(nc2c1)CCCCCC3. The molecule has 2 amide bonds. The van der Waals surface area contributed by atoms with Gasteiger partial charge in [-0.1, -0.05) is 25.0 Å². The van der Waals surface area contributed by atoms with E-state index in [0.29, 0.717) is 35.1 Å². The molecule has 3 heterocycles. The van der Waals surface area contributed by atoms with Gasteiger partial charge in [-0.15, -0.1) is 0 Å². The van der Waals surface area contributed by atoms with E-state index in [1.54, 1.807) is 22.8 Å². The third-order valence-electron chi connectivity index (χ3n) is 7.10. The molecule has 1 N–H and O–H groups in total. The minimum Gasteiger partial charge on any atom is -0.348 e. The van der Waals surface area contributed by atoms with E-state index in [9.17, 15) is 14.4 Å². The maximum Gasteiger partial charge on any atom is 0.261 e. The predicted octanol–water partition coefficient (Wildman–Crippen LogP) is 4.07. The van der Waals surface area contributed by atoms with E-state index >= 15 is 0 Å². The van der Waals surface area contributed by atoms with Crippen molar-refractivity contribution in [3.8, 4) is 0 Å². The van der Waals surface area contributed by atoms with Crippen molar-refractivity contribution in [3.05, 3.63) is 75.3 Å². The Hall–Kier alpha value is -3.48. The Balaban J connectivity index is 1.30. The summed E-state index contributed by atoms with van der Waals surface area (Å²) in [6.07, 6.45) is 8.38. The van der Waals surface area contributed by atoms with Gasteiger partial charge in [0.05, 0.1) is 10.9 Å². The average Bonchev–Trinajstić information content (AvgIpc) is 2.88. The molecule has 7 heteroatoms. The number of amides is 2. The Morgan fingerprint density at radius 3 is 2.49 bits per heavy atom. The van der Waals surface area contributed by atoms with Gasteiger partial charge in [0, 0.05) is 43.7 Å². The Morgan fingerprint density at radius 1 is 0.857 bits per heavy atom. The highest BCUT2D eigenvalue weighted by molar-refractivity contribution is 5.98. The minimum atomic E-state index is -0.228. The van der Waals surface area contributed by atoms with Crippen LogP contribution in [0.4, 0.5) is 0 Å². The molecule has 0 unspecified atom stereocenters. The summed E-state index contributed by atoms with van der Waals surface area (Å²) in [7, 11) is 0. The maximum atomic E-state index is 13.0. The number of carbonyl (C=O) groups is 2. The number of benzene rings is 2. The van der Waals surface area contributed by atoms with Crippen molar-refractivity contribution in [2.75, 3.05) is 13.1 Å². The highest BCUT2D eigenvalue weighted by Gasteiger charge is 2.19. The average molecular weight is 473 g/mol. The first-order valence-corrected chi connectivity index (χ1v) is 12.8. The van der Waals surface area contributed by atoms with E-state index < -0.39 is 0 Å². The summed E-state index contributed by atoms with van der Waals surface area (Å²) < 4.78 is 1.80. The topological polar surface area (TPSA) is 84.3 Å². The number of aromatic nitrogens is 2. The van der Waals surface area contributed by atoms with Crippen LogP contribution in [-0.2, 0) is 19.5 Å². The molecule has 1 aromatic heterocycles. The van der Waals surface area contributed by atoms with Gasteiger partial charge in [0.15, 0.2) is 0 Å². The van der Waals surface area contributed by atoms with Crippen LogP contribution in [-0.4, -0.2) is 39.4 Å². The van der Waals surface area contributed by atoms with Crippen LogP contribution >= 0.6 is 0 Å². The number of rotatable bonds is 4. The number of hydrogen-bond donors (Lipinski definition) is 1. The number of piperidine rings is 1. The van der Waals surface area contributed by atoms with E-state index in [1.165, 1.54) is 6.42 Å². The molecular weight excluding hydrogens is 440 g/mol. The zero-order valence-electron chi connectivity index (χ0n) is 20.1. The van der Waals surface area contributed by atoms with E-state index in [-0.39, 0.29) is 17.4 Å². The molecule has 3 aromatic rings. The lowest BCUT2D eigenvalue weighted by Gasteiger charge is -2.26. The quantitative estimate of drug-likeness (QED) is 0.620. The van der Waals surface area contributed by atoms with Crippen molar-refractivity contribution in [1.82, 2.24) is 19.8 Å². The predicted molar refractivity (Wildman–Crippen MR) is 136 cm³/mol. The zero-order valence-corrected chi connectivity index (χ0v) is 20.1. The lowest BCUT2D eigenvalue weighted by Crippen LogP contribution is -2.35. The van der Waals surface area contributed by atoms with E-state index in [2.05, 4.69) is 5.32 Å². The highest BCUT2D eigenvalue weighted by Crippen LogP contribution is 2.17. The van der Waals surface area contributed by atoms with Gasteiger partial charge in [0.1, 0.15) is 5.82 Å². The summed E-state index contributed by atoms with van der Waals surface area (Å²) in [5.41, 5.74) is 2.56. The lowest BCUT2D eigenvalue weighted by molar-refractivity contribution is 0.0724. The van der Waals surface area contributed by atoms with E-state index in [0.717, 1.165) is 69.4 Å². The second-order valence-corrected chi connectivity index (χ2v) is 9.62. The monoisotopic (exact) mass is 472 g/mol. The summed E-state index contributed by atoms with van der Waals surface area (Å²) in [5.74, 6) is 0.642. The molecule has 0 bridgehead atoms. The third-order valence-corrected chi connectivity index (χ3v) is 7.10. The second-order valence-electron chi connectivity index (χ2n) is 9.62. The fraction of sp³-hybridized carbons (Fsp3) is 0.429. The largest absolute Gasteiger partial charge is 0.348 e. The summed E-state index contributed by atoms with van der Waals surface area (Å²) in [6, 6.07) is 12.6. The normalized spacial score (nSPS) is 16.3. The minimum absolute atomic E-state index is 0.0194. The smallest absolute Gasteiger partial charge is 0.261 e. The first kappa shape index (κ1) is 23.3. The number of aryl methyl sites for hydroxylation is 1. The summed E-state index contributed by atoms with van der Waals surface area (Å²) in [6.45, 7) is 2.64. The number of fused-ring (bicyclic) bond motifs is 2. The second kappa shape index (κ2) is 10.4. The van der Waals surface area contributed by atoms with Crippen LogP contribution in [0, 0.1) is 0 Å². The molecule has 0 aliphatic carbocycles. The molecule has 1 fully saturated rings. The number of nitrogens with one attached hydrogen (secondary N) is 1. The van der Waals surface area contributed by atoms with Gasteiger partial charge in [0.25, 0.3) is 17.4 Å². The Kier molecular flexibility index (Phi) is 6.93. The van der Waals surface area contributed by atoms with Crippen LogP contribution < -0.4 is 10.9 Å². The van der Waals surface area contributed by atoms with Crippen LogP contribution in [0.15, 0.2) is 47.3 Å². The van der Waals surface area contributed by atoms with Gasteiger partial charge in [0.2, 0.25) is 0 Å². The zero-order chi connectivity index (χ0) is 24.2. The third kappa shape index (κ3) is 5.14. The first-order valence-electron chi connectivity index (χ1n) is 12.8. The van der Waals surface area contributed by atoms with Gasteiger partial charge in [-0.3, -0.25) is 19.0 Å². The molecule has 0 atom stereocenters. The fourth-order valence-electron chi connectivity index (χ4n) is 5.11. The Labute approximate surface area is 205 Å². The number of hydrogen-bond acceptors (Lipinski definition) is 4. The number of carbonyl (C=O) groups excluding carboxylic acids is 2. The molecule has 2 aliphatic rings. The summed E-state index contributed by atoms with van der Waals surface area (Å²) >= 11 is 0. The van der Waals surface area contributed by atoms with Gasteiger partial charge < -0.3 is 10.2 Å². The fourth-order valence-corrected chi connectivity index (χ4v) is 5.11. The first-order chi connectivity index (χ1) is 17.1. The molecule has 2 aromatic carbocycles. The van der Waals surface area contributed by atoms with Gasteiger partial charge in [-0.25, -0.2) is 4.98 Å². The molecule has 0 radical (unpaired) electrons. The molecule has 5 rings (SSSR count). The van der Waals surface area contributed by atoms with Crippen molar-refractivity contribution in [2.45, 2.75) is 64.5 Å². The van der Waals surface area contributed by atoms with Gasteiger partial charge in [-0.05, 0) is 68.0 Å². The molecule has 7 nitrogen and oxygen atoms in total. The standard InChI is InChI=1S/C28H32N4O3/c33-26(29-19-20-9-8-10-22(17-20)27(34)31-14-5-3-6-15-31)21-12-13-23-24(18-21)30-25-11-4-1-2-7-16-32(25)28(23)35/h8-10,12-13,17-18H,1-7,11,14-16,19H2,(H,29,33). The van der Waals surface area contributed by atoms with Crippen molar-refractivity contribution in [2.24, 2.45) is 0 Å².